The van der Waals surface area contributed by atoms with E-state index in [-0.39, 0.29) is 5.82 Å². The Balaban J connectivity index is 2.81. The van der Waals surface area contributed by atoms with Crippen LogP contribution in [0.4, 0.5) is 4.39 Å². The van der Waals surface area contributed by atoms with Gasteiger partial charge in [0.1, 0.15) is 5.82 Å². The molecule has 0 aliphatic carbocycles. The van der Waals surface area contributed by atoms with Crippen molar-refractivity contribution in [3.8, 4) is 0 Å². The number of likely N-dealkylation sites (N-methyl/N-ethyl adjacent to an activating group) is 1. The first-order chi connectivity index (χ1) is 7.54. The Labute approximate surface area is 102 Å². The topological polar surface area (TPSA) is 3.24 Å². The molecule has 0 radical (unpaired) electrons. The standard InChI is InChI=1S/C13H17ClFN/c1-4-16(8-10(2)3)9-11-12(14)6-5-7-13(11)15/h5-7H,2,4,8-9H2,1,3H3. The van der Waals surface area contributed by atoms with E-state index in [2.05, 4.69) is 11.5 Å². The largest absolute Gasteiger partial charge is 0.295 e. The molecule has 0 aliphatic heterocycles. The second-order valence-corrected chi connectivity index (χ2v) is 4.37. The molecule has 1 aromatic carbocycles. The van der Waals surface area contributed by atoms with Crippen molar-refractivity contribution in [2.45, 2.75) is 20.4 Å². The average Bonchev–Trinajstić information content (AvgIpc) is 2.21. The summed E-state index contributed by atoms with van der Waals surface area (Å²) in [7, 11) is 0. The van der Waals surface area contributed by atoms with Crippen LogP contribution in [0.3, 0.4) is 0 Å². The SMILES string of the molecule is C=C(C)CN(CC)Cc1c(F)cccc1Cl. The number of rotatable bonds is 5. The summed E-state index contributed by atoms with van der Waals surface area (Å²) in [5.74, 6) is -0.243. The molecule has 0 aromatic heterocycles. The Morgan fingerprint density at radius 2 is 2.19 bits per heavy atom. The molecular formula is C13H17ClFN. The molecule has 0 unspecified atom stereocenters. The van der Waals surface area contributed by atoms with Crippen molar-refractivity contribution in [3.63, 3.8) is 0 Å². The first-order valence-electron chi connectivity index (χ1n) is 5.34. The fourth-order valence-electron chi connectivity index (χ4n) is 1.57. The van der Waals surface area contributed by atoms with Gasteiger partial charge in [-0.05, 0) is 25.6 Å². The maximum Gasteiger partial charge on any atom is 0.129 e. The molecule has 0 aliphatic rings. The molecule has 0 amide bonds. The van der Waals surface area contributed by atoms with Crippen molar-refractivity contribution in [1.29, 1.82) is 0 Å². The minimum absolute atomic E-state index is 0.243. The van der Waals surface area contributed by atoms with E-state index in [1.54, 1.807) is 12.1 Å². The van der Waals surface area contributed by atoms with Crippen LogP contribution in [0.5, 0.6) is 0 Å². The molecule has 16 heavy (non-hydrogen) atoms. The van der Waals surface area contributed by atoms with Gasteiger partial charge in [0, 0.05) is 23.7 Å². The van der Waals surface area contributed by atoms with E-state index in [1.807, 2.05) is 13.8 Å². The minimum Gasteiger partial charge on any atom is -0.295 e. The summed E-state index contributed by atoms with van der Waals surface area (Å²) >= 11 is 5.98. The lowest BCUT2D eigenvalue weighted by Crippen LogP contribution is -2.25. The first-order valence-corrected chi connectivity index (χ1v) is 5.72. The number of hydrogen-bond acceptors (Lipinski definition) is 1. The smallest absolute Gasteiger partial charge is 0.129 e. The molecule has 1 aromatic rings. The highest BCUT2D eigenvalue weighted by Gasteiger charge is 2.11. The normalized spacial score (nSPS) is 10.8. The summed E-state index contributed by atoms with van der Waals surface area (Å²) in [6, 6.07) is 4.78. The zero-order chi connectivity index (χ0) is 12.1. The van der Waals surface area contributed by atoms with Gasteiger partial charge in [0.2, 0.25) is 0 Å². The molecular weight excluding hydrogens is 225 g/mol. The molecule has 0 N–H and O–H groups in total. The van der Waals surface area contributed by atoms with Crippen LogP contribution in [0, 0.1) is 5.82 Å². The summed E-state index contributed by atoms with van der Waals surface area (Å²) in [5, 5.41) is 0.486. The Morgan fingerprint density at radius 1 is 1.50 bits per heavy atom. The van der Waals surface area contributed by atoms with E-state index in [1.165, 1.54) is 6.07 Å². The van der Waals surface area contributed by atoms with Gasteiger partial charge in [0.05, 0.1) is 0 Å². The number of nitrogens with zero attached hydrogens (tertiary/aromatic N) is 1. The van der Waals surface area contributed by atoms with Crippen LogP contribution >= 0.6 is 11.6 Å². The van der Waals surface area contributed by atoms with Crippen LogP contribution in [0.25, 0.3) is 0 Å². The summed E-state index contributed by atoms with van der Waals surface area (Å²) in [6.45, 7) is 10.00. The third-order valence-electron chi connectivity index (χ3n) is 2.38. The molecule has 0 atom stereocenters. The van der Waals surface area contributed by atoms with Gasteiger partial charge in [-0.1, -0.05) is 36.7 Å². The van der Waals surface area contributed by atoms with Crippen molar-refractivity contribution < 1.29 is 4.39 Å². The van der Waals surface area contributed by atoms with Crippen LogP contribution in [0.15, 0.2) is 30.4 Å². The zero-order valence-electron chi connectivity index (χ0n) is 9.76. The van der Waals surface area contributed by atoms with Gasteiger partial charge in [-0.25, -0.2) is 4.39 Å². The predicted octanol–water partition coefficient (Wildman–Crippen LogP) is 3.88. The van der Waals surface area contributed by atoms with E-state index < -0.39 is 0 Å². The van der Waals surface area contributed by atoms with Gasteiger partial charge in [-0.3, -0.25) is 4.90 Å². The van der Waals surface area contributed by atoms with E-state index in [9.17, 15) is 4.39 Å². The number of halogens is 2. The van der Waals surface area contributed by atoms with E-state index in [4.69, 9.17) is 11.6 Å². The Morgan fingerprint density at radius 3 is 2.69 bits per heavy atom. The predicted molar refractivity (Wildman–Crippen MR) is 67.2 cm³/mol. The van der Waals surface area contributed by atoms with Crippen molar-refractivity contribution in [1.82, 2.24) is 4.90 Å². The number of benzene rings is 1. The molecule has 0 bridgehead atoms. The summed E-state index contributed by atoms with van der Waals surface area (Å²) in [6.07, 6.45) is 0. The van der Waals surface area contributed by atoms with Crippen LogP contribution in [0.1, 0.15) is 19.4 Å². The van der Waals surface area contributed by atoms with Crippen molar-refractivity contribution in [2.24, 2.45) is 0 Å². The van der Waals surface area contributed by atoms with E-state index in [0.29, 0.717) is 17.1 Å². The monoisotopic (exact) mass is 241 g/mol. The van der Waals surface area contributed by atoms with Crippen molar-refractivity contribution in [2.75, 3.05) is 13.1 Å². The fourth-order valence-corrected chi connectivity index (χ4v) is 1.79. The minimum atomic E-state index is -0.243. The van der Waals surface area contributed by atoms with Crippen LogP contribution < -0.4 is 0 Å². The highest BCUT2D eigenvalue weighted by molar-refractivity contribution is 6.31. The highest BCUT2D eigenvalue weighted by atomic mass is 35.5. The van der Waals surface area contributed by atoms with Gasteiger partial charge in [-0.15, -0.1) is 0 Å². The summed E-state index contributed by atoms with van der Waals surface area (Å²) in [4.78, 5) is 2.10. The molecule has 0 saturated heterocycles. The van der Waals surface area contributed by atoms with Crippen LogP contribution in [0.2, 0.25) is 5.02 Å². The molecule has 0 heterocycles. The Kier molecular flexibility index (Phi) is 4.97. The van der Waals surface area contributed by atoms with Gasteiger partial charge in [0.15, 0.2) is 0 Å². The quantitative estimate of drug-likeness (QED) is 0.708. The molecule has 0 fully saturated rings. The van der Waals surface area contributed by atoms with Gasteiger partial charge >= 0.3 is 0 Å². The Bertz CT molecular complexity index is 356. The lowest BCUT2D eigenvalue weighted by molar-refractivity contribution is 0.300. The zero-order valence-corrected chi connectivity index (χ0v) is 10.5. The highest BCUT2D eigenvalue weighted by Crippen LogP contribution is 2.20. The maximum absolute atomic E-state index is 13.6. The van der Waals surface area contributed by atoms with Crippen LogP contribution in [-0.4, -0.2) is 18.0 Å². The van der Waals surface area contributed by atoms with Gasteiger partial charge in [0.25, 0.3) is 0 Å². The Hall–Kier alpha value is -0.860. The van der Waals surface area contributed by atoms with Crippen molar-refractivity contribution >= 4 is 11.6 Å². The first kappa shape index (κ1) is 13.2. The van der Waals surface area contributed by atoms with Gasteiger partial charge < -0.3 is 0 Å². The van der Waals surface area contributed by atoms with Crippen LogP contribution in [-0.2, 0) is 6.54 Å². The van der Waals surface area contributed by atoms with E-state index in [0.717, 1.165) is 18.7 Å². The molecule has 1 nitrogen and oxygen atoms in total. The fraction of sp³-hybridized carbons (Fsp3) is 0.385. The lowest BCUT2D eigenvalue weighted by Gasteiger charge is -2.21. The third-order valence-corrected chi connectivity index (χ3v) is 2.74. The average molecular weight is 242 g/mol. The molecule has 88 valence electrons. The molecule has 1 rings (SSSR count). The molecule has 3 heteroatoms. The second kappa shape index (κ2) is 6.02. The molecule has 0 saturated carbocycles. The maximum atomic E-state index is 13.6. The van der Waals surface area contributed by atoms with E-state index >= 15 is 0 Å². The summed E-state index contributed by atoms with van der Waals surface area (Å²) < 4.78 is 13.6. The molecule has 0 spiro atoms. The number of hydrogen-bond donors (Lipinski definition) is 0. The van der Waals surface area contributed by atoms with Gasteiger partial charge in [-0.2, -0.15) is 0 Å². The van der Waals surface area contributed by atoms with Crippen molar-refractivity contribution in [3.05, 3.63) is 46.8 Å². The summed E-state index contributed by atoms with van der Waals surface area (Å²) in [5.41, 5.74) is 1.63. The lowest BCUT2D eigenvalue weighted by atomic mass is 10.2. The second-order valence-electron chi connectivity index (χ2n) is 3.96. The third kappa shape index (κ3) is 3.62.